The zero-order valence-electron chi connectivity index (χ0n) is 14.7. The molecular formula is C25H16BBr. The molecule has 0 fully saturated rings. The van der Waals surface area contributed by atoms with Gasteiger partial charge in [0.1, 0.15) is 7.85 Å². The van der Waals surface area contributed by atoms with Crippen molar-refractivity contribution in [1.82, 2.24) is 0 Å². The third-order valence-corrected chi connectivity index (χ3v) is 6.95. The van der Waals surface area contributed by atoms with Crippen molar-refractivity contribution in [2.75, 3.05) is 0 Å². The molecule has 0 bridgehead atoms. The Morgan fingerprint density at radius 1 is 0.889 bits per heavy atom. The van der Waals surface area contributed by atoms with Crippen molar-refractivity contribution in [2.45, 2.75) is 17.8 Å². The normalized spacial score (nSPS) is 23.6. The summed E-state index contributed by atoms with van der Waals surface area (Å²) in [6.45, 7) is 0. The second-order valence-electron chi connectivity index (χ2n) is 7.67. The Morgan fingerprint density at radius 2 is 1.67 bits per heavy atom. The molecule has 2 unspecified atom stereocenters. The minimum Gasteiger partial charge on any atom is -0.0963 e. The molecule has 27 heavy (non-hydrogen) atoms. The monoisotopic (exact) mass is 406 g/mol. The average molecular weight is 407 g/mol. The highest BCUT2D eigenvalue weighted by molar-refractivity contribution is 9.10. The summed E-state index contributed by atoms with van der Waals surface area (Å²) in [5.74, 6) is 0.436. The van der Waals surface area contributed by atoms with Crippen LogP contribution < -0.4 is 5.46 Å². The van der Waals surface area contributed by atoms with E-state index in [4.69, 9.17) is 7.85 Å². The van der Waals surface area contributed by atoms with Crippen LogP contribution in [0, 0.1) is 0 Å². The van der Waals surface area contributed by atoms with Crippen molar-refractivity contribution >= 4 is 29.2 Å². The van der Waals surface area contributed by atoms with Crippen molar-refractivity contribution in [1.29, 1.82) is 0 Å². The highest BCUT2D eigenvalue weighted by Crippen LogP contribution is 2.64. The molecule has 0 aliphatic heterocycles. The summed E-state index contributed by atoms with van der Waals surface area (Å²) in [4.78, 5) is 0. The summed E-state index contributed by atoms with van der Waals surface area (Å²) in [7, 11) is 6.29. The summed E-state index contributed by atoms with van der Waals surface area (Å²) in [5.41, 5.74) is 10.2. The van der Waals surface area contributed by atoms with E-state index < -0.39 is 0 Å². The van der Waals surface area contributed by atoms with Gasteiger partial charge in [-0.15, -0.1) is 0 Å². The molecule has 3 aromatic carbocycles. The molecule has 3 aromatic rings. The van der Waals surface area contributed by atoms with E-state index in [0.717, 1.165) is 16.4 Å². The quantitative estimate of drug-likeness (QED) is 0.430. The van der Waals surface area contributed by atoms with Gasteiger partial charge in [-0.1, -0.05) is 88.2 Å². The van der Waals surface area contributed by atoms with Crippen LogP contribution in [0.3, 0.4) is 0 Å². The first-order valence-electron chi connectivity index (χ1n) is 9.38. The fraction of sp³-hybridized carbons (Fsp3) is 0.120. The number of hydrogen-bond acceptors (Lipinski definition) is 0. The molecule has 0 aromatic heterocycles. The van der Waals surface area contributed by atoms with Gasteiger partial charge in [0, 0.05) is 10.4 Å². The molecule has 0 heterocycles. The Hall–Kier alpha value is -2.32. The van der Waals surface area contributed by atoms with Gasteiger partial charge in [0.2, 0.25) is 0 Å². The van der Waals surface area contributed by atoms with Crippen LogP contribution in [0.4, 0.5) is 0 Å². The third-order valence-electron chi connectivity index (χ3n) is 6.46. The lowest BCUT2D eigenvalue weighted by Crippen LogP contribution is -2.28. The molecule has 0 saturated carbocycles. The molecule has 0 nitrogen and oxygen atoms in total. The van der Waals surface area contributed by atoms with Gasteiger partial charge in [0.15, 0.2) is 0 Å². The summed E-state index contributed by atoms with van der Waals surface area (Å²) < 4.78 is 1.12. The van der Waals surface area contributed by atoms with Crippen LogP contribution in [-0.2, 0) is 5.41 Å². The fourth-order valence-electron chi connectivity index (χ4n) is 5.52. The van der Waals surface area contributed by atoms with Crippen LogP contribution in [0.25, 0.3) is 11.1 Å². The average Bonchev–Trinajstić information content (AvgIpc) is 3.14. The summed E-state index contributed by atoms with van der Waals surface area (Å²) in [6.07, 6.45) is 7.92. The van der Waals surface area contributed by atoms with Crippen LogP contribution in [0.15, 0.2) is 88.9 Å². The van der Waals surface area contributed by atoms with Gasteiger partial charge in [-0.05, 0) is 57.5 Å². The third kappa shape index (κ3) is 1.85. The standard InChI is InChI=1S/C25H16BBr/c26-15-9-11-19-20-12-10-16(27)14-24(20)25(23(19)13-15)21-7-3-1-5-17(21)18-6-2-4-8-22(18)25/h1-5,7-14,18H,6H2. The molecule has 126 valence electrons. The Morgan fingerprint density at radius 3 is 2.56 bits per heavy atom. The Bertz CT molecular complexity index is 1130. The molecule has 6 rings (SSSR count). The molecule has 0 N–H and O–H groups in total. The number of halogens is 1. The van der Waals surface area contributed by atoms with Crippen molar-refractivity contribution in [3.05, 3.63) is 111 Å². The SMILES string of the molecule is [B]c1ccc2c(c1)C1(C3=CC=CCC3c3ccccc31)c1cc(Br)ccc1-2. The minimum atomic E-state index is -0.240. The lowest BCUT2D eigenvalue weighted by Gasteiger charge is -2.33. The van der Waals surface area contributed by atoms with Gasteiger partial charge in [-0.3, -0.25) is 0 Å². The highest BCUT2D eigenvalue weighted by atomic mass is 79.9. The molecular weight excluding hydrogens is 391 g/mol. The topological polar surface area (TPSA) is 0 Å². The van der Waals surface area contributed by atoms with E-state index in [1.165, 1.54) is 39.0 Å². The van der Waals surface area contributed by atoms with E-state index in [1.807, 2.05) is 6.07 Å². The minimum absolute atomic E-state index is 0.240. The van der Waals surface area contributed by atoms with Crippen LogP contribution in [0.5, 0.6) is 0 Å². The van der Waals surface area contributed by atoms with Gasteiger partial charge in [0.25, 0.3) is 0 Å². The maximum atomic E-state index is 6.29. The Kier molecular flexibility index (Phi) is 3.12. The van der Waals surface area contributed by atoms with Gasteiger partial charge in [0.05, 0.1) is 5.41 Å². The Labute approximate surface area is 169 Å². The maximum Gasteiger partial charge on any atom is 0.113 e. The zero-order valence-corrected chi connectivity index (χ0v) is 16.3. The van der Waals surface area contributed by atoms with E-state index in [-0.39, 0.29) is 5.41 Å². The van der Waals surface area contributed by atoms with Gasteiger partial charge in [-0.2, -0.15) is 0 Å². The van der Waals surface area contributed by atoms with Crippen LogP contribution in [0.1, 0.15) is 34.6 Å². The second kappa shape index (κ2) is 5.36. The molecule has 2 atom stereocenters. The van der Waals surface area contributed by atoms with E-state index >= 15 is 0 Å². The summed E-state index contributed by atoms with van der Waals surface area (Å²) in [5, 5.41) is 0. The number of rotatable bonds is 0. The lowest BCUT2D eigenvalue weighted by atomic mass is 9.68. The molecule has 0 saturated heterocycles. The van der Waals surface area contributed by atoms with Crippen molar-refractivity contribution in [3.8, 4) is 11.1 Å². The van der Waals surface area contributed by atoms with Crippen molar-refractivity contribution in [2.24, 2.45) is 0 Å². The molecule has 3 aliphatic rings. The smallest absolute Gasteiger partial charge is 0.0963 e. The molecule has 0 amide bonds. The number of fused-ring (bicyclic) bond motifs is 10. The van der Waals surface area contributed by atoms with E-state index in [0.29, 0.717) is 5.92 Å². The van der Waals surface area contributed by atoms with Crippen LogP contribution in [0.2, 0.25) is 0 Å². The first-order valence-corrected chi connectivity index (χ1v) is 10.2. The van der Waals surface area contributed by atoms with Gasteiger partial charge < -0.3 is 0 Å². The molecule has 3 aliphatic carbocycles. The van der Waals surface area contributed by atoms with Crippen molar-refractivity contribution < 1.29 is 0 Å². The fourth-order valence-corrected chi connectivity index (χ4v) is 5.88. The van der Waals surface area contributed by atoms with E-state index in [2.05, 4.69) is 88.8 Å². The molecule has 2 radical (unpaired) electrons. The molecule has 1 spiro atoms. The number of allylic oxidation sites excluding steroid dienone is 4. The van der Waals surface area contributed by atoms with Gasteiger partial charge in [-0.25, -0.2) is 0 Å². The van der Waals surface area contributed by atoms with Crippen LogP contribution in [-0.4, -0.2) is 7.85 Å². The zero-order chi connectivity index (χ0) is 18.2. The first kappa shape index (κ1) is 15.7. The second-order valence-corrected chi connectivity index (χ2v) is 8.59. The van der Waals surface area contributed by atoms with Gasteiger partial charge >= 0.3 is 0 Å². The van der Waals surface area contributed by atoms with E-state index in [9.17, 15) is 0 Å². The summed E-state index contributed by atoms with van der Waals surface area (Å²) in [6, 6.07) is 22.1. The van der Waals surface area contributed by atoms with Crippen LogP contribution >= 0.6 is 15.9 Å². The lowest BCUT2D eigenvalue weighted by molar-refractivity contribution is 0.708. The Balaban J connectivity index is 1.84. The number of hydrogen-bond donors (Lipinski definition) is 0. The predicted octanol–water partition coefficient (Wildman–Crippen LogP) is 5.54. The van der Waals surface area contributed by atoms with E-state index in [1.54, 1.807) is 0 Å². The first-order chi connectivity index (χ1) is 13.2. The molecule has 2 heteroatoms. The predicted molar refractivity (Wildman–Crippen MR) is 116 cm³/mol. The highest BCUT2D eigenvalue weighted by Gasteiger charge is 2.54. The number of benzene rings is 3. The maximum absolute atomic E-state index is 6.29. The van der Waals surface area contributed by atoms with Crippen molar-refractivity contribution in [3.63, 3.8) is 0 Å². The summed E-state index contributed by atoms with van der Waals surface area (Å²) >= 11 is 3.72. The largest absolute Gasteiger partial charge is 0.113 e.